The molecule has 0 aliphatic carbocycles. The Balaban J connectivity index is 4.82. The second-order valence-corrected chi connectivity index (χ2v) is 3.54. The number of nitrogens with one attached hydrogen (secondary N) is 2. The highest BCUT2D eigenvalue weighted by Gasteiger charge is 2.27. The molecule has 0 fully saturated rings. The first-order chi connectivity index (χ1) is 8.47. The molecule has 0 unspecified atom stereocenters. The van der Waals surface area contributed by atoms with Gasteiger partial charge in [0.15, 0.2) is 0 Å². The number of nitrogens with zero attached hydrogens (tertiary/aromatic N) is 1. The quantitative estimate of drug-likeness (QED) is 0.257. The summed E-state index contributed by atoms with van der Waals surface area (Å²) in [5, 5.41) is 0.406. The minimum atomic E-state index is -1.21. The molecular weight excluding hydrogens is 240 g/mol. The van der Waals surface area contributed by atoms with Gasteiger partial charge in [0, 0.05) is 12.8 Å². The maximum absolute atomic E-state index is 11.6. The summed E-state index contributed by atoms with van der Waals surface area (Å²) < 4.78 is 0. The second kappa shape index (κ2) is 8.18. The highest BCUT2D eigenvalue weighted by molar-refractivity contribution is 6.37. The lowest BCUT2D eigenvalue weighted by atomic mass is 10.3. The van der Waals surface area contributed by atoms with Crippen molar-refractivity contribution < 1.29 is 19.2 Å². The van der Waals surface area contributed by atoms with E-state index in [0.717, 1.165) is 0 Å². The van der Waals surface area contributed by atoms with E-state index in [0.29, 0.717) is 17.9 Å². The molecule has 0 aromatic rings. The Labute approximate surface area is 105 Å². The van der Waals surface area contributed by atoms with Crippen molar-refractivity contribution in [2.45, 2.75) is 39.5 Å². The van der Waals surface area contributed by atoms with E-state index < -0.39 is 23.6 Å². The number of hydrogen-bond donors (Lipinski definition) is 3. The Bertz CT molecular complexity index is 343. The van der Waals surface area contributed by atoms with Crippen molar-refractivity contribution in [3.05, 3.63) is 0 Å². The SMILES string of the molecule is CCCC(=O)NN(C(=O)CCC)C(=O)C(=O)NN. The van der Waals surface area contributed by atoms with Crippen molar-refractivity contribution >= 4 is 23.6 Å². The maximum Gasteiger partial charge on any atom is 0.338 e. The van der Waals surface area contributed by atoms with Gasteiger partial charge in [-0.2, -0.15) is 5.01 Å². The zero-order valence-corrected chi connectivity index (χ0v) is 10.5. The van der Waals surface area contributed by atoms with Crippen LogP contribution in [0.1, 0.15) is 39.5 Å². The molecule has 18 heavy (non-hydrogen) atoms. The number of nitrogens with two attached hydrogens (primary N) is 1. The van der Waals surface area contributed by atoms with E-state index >= 15 is 0 Å². The van der Waals surface area contributed by atoms with E-state index in [1.165, 1.54) is 0 Å². The van der Waals surface area contributed by atoms with E-state index in [9.17, 15) is 19.2 Å². The van der Waals surface area contributed by atoms with Gasteiger partial charge >= 0.3 is 11.8 Å². The topological polar surface area (TPSA) is 122 Å². The molecule has 8 nitrogen and oxygen atoms in total. The van der Waals surface area contributed by atoms with Crippen LogP contribution in [-0.2, 0) is 19.2 Å². The Morgan fingerprint density at radius 1 is 1.06 bits per heavy atom. The predicted molar refractivity (Wildman–Crippen MR) is 62.1 cm³/mol. The molecule has 0 saturated heterocycles. The summed E-state index contributed by atoms with van der Waals surface area (Å²) in [6, 6.07) is 0. The Morgan fingerprint density at radius 2 is 1.61 bits per heavy atom. The number of carbonyl (C=O) groups excluding carboxylic acids is 4. The standard InChI is InChI=1S/C10H18N4O4/c1-3-5-7(15)13-14(8(16)6-4-2)10(18)9(17)12-11/h3-6,11H2,1-2H3,(H,12,17)(H,13,15). The average Bonchev–Trinajstić information content (AvgIpc) is 2.34. The van der Waals surface area contributed by atoms with E-state index in [1.54, 1.807) is 19.3 Å². The molecule has 0 aliphatic heterocycles. The van der Waals surface area contributed by atoms with E-state index in [-0.39, 0.29) is 12.8 Å². The molecule has 0 bridgehead atoms. The number of hydrazine groups is 2. The van der Waals surface area contributed by atoms with Crippen molar-refractivity contribution in [2.24, 2.45) is 5.84 Å². The van der Waals surface area contributed by atoms with Crippen molar-refractivity contribution in [3.63, 3.8) is 0 Å². The third-order valence-electron chi connectivity index (χ3n) is 1.96. The van der Waals surface area contributed by atoms with Crippen LogP contribution < -0.4 is 16.7 Å². The summed E-state index contributed by atoms with van der Waals surface area (Å²) in [7, 11) is 0. The summed E-state index contributed by atoms with van der Waals surface area (Å²) in [5.74, 6) is 1.25. The lowest BCUT2D eigenvalue weighted by molar-refractivity contribution is -0.158. The number of carbonyl (C=O) groups is 4. The molecule has 0 rings (SSSR count). The maximum atomic E-state index is 11.6. The van der Waals surface area contributed by atoms with Crippen LogP contribution in [0.15, 0.2) is 0 Å². The molecule has 0 aromatic heterocycles. The molecule has 0 saturated carbocycles. The fourth-order valence-electron chi connectivity index (χ4n) is 1.12. The van der Waals surface area contributed by atoms with Gasteiger partial charge in [-0.1, -0.05) is 13.8 Å². The number of amides is 4. The van der Waals surface area contributed by atoms with Crippen LogP contribution in [-0.4, -0.2) is 28.6 Å². The summed E-state index contributed by atoms with van der Waals surface area (Å²) in [6.45, 7) is 3.50. The highest BCUT2D eigenvalue weighted by atomic mass is 16.2. The van der Waals surface area contributed by atoms with Gasteiger partial charge in [0.1, 0.15) is 0 Å². The van der Waals surface area contributed by atoms with Crippen molar-refractivity contribution in [3.8, 4) is 0 Å². The zero-order valence-electron chi connectivity index (χ0n) is 10.5. The molecule has 0 atom stereocenters. The molecule has 0 aromatic carbocycles. The van der Waals surface area contributed by atoms with Crippen LogP contribution in [0, 0.1) is 0 Å². The van der Waals surface area contributed by atoms with Crippen LogP contribution >= 0.6 is 0 Å². The Hall–Kier alpha value is -1.96. The summed E-state index contributed by atoms with van der Waals surface area (Å²) in [4.78, 5) is 45.6. The van der Waals surface area contributed by atoms with E-state index in [2.05, 4.69) is 5.43 Å². The molecule has 0 heterocycles. The third kappa shape index (κ3) is 4.91. The van der Waals surface area contributed by atoms with Crippen LogP contribution in [0.4, 0.5) is 0 Å². The zero-order chi connectivity index (χ0) is 14.1. The molecule has 0 spiro atoms. The minimum Gasteiger partial charge on any atom is -0.286 e. The number of rotatable bonds is 4. The van der Waals surface area contributed by atoms with Crippen molar-refractivity contribution in [1.29, 1.82) is 0 Å². The smallest absolute Gasteiger partial charge is 0.286 e. The fraction of sp³-hybridized carbons (Fsp3) is 0.600. The predicted octanol–water partition coefficient (Wildman–Crippen LogP) is -1.04. The van der Waals surface area contributed by atoms with Gasteiger partial charge in [0.05, 0.1) is 0 Å². The van der Waals surface area contributed by atoms with Crippen molar-refractivity contribution in [2.75, 3.05) is 0 Å². The first-order valence-corrected chi connectivity index (χ1v) is 5.65. The van der Waals surface area contributed by atoms with Crippen LogP contribution in [0.25, 0.3) is 0 Å². The molecule has 102 valence electrons. The largest absolute Gasteiger partial charge is 0.338 e. The van der Waals surface area contributed by atoms with Crippen molar-refractivity contribution in [1.82, 2.24) is 15.9 Å². The van der Waals surface area contributed by atoms with E-state index in [1.807, 2.05) is 0 Å². The molecule has 4 N–H and O–H groups in total. The molecule has 0 aliphatic rings. The lowest BCUT2D eigenvalue weighted by Crippen LogP contribution is -2.55. The van der Waals surface area contributed by atoms with Gasteiger partial charge < -0.3 is 0 Å². The Morgan fingerprint density at radius 3 is 2.06 bits per heavy atom. The second-order valence-electron chi connectivity index (χ2n) is 3.54. The van der Waals surface area contributed by atoms with Gasteiger partial charge in [-0.25, -0.2) is 5.84 Å². The normalized spacial score (nSPS) is 9.50. The summed E-state index contributed by atoms with van der Waals surface area (Å²) in [5.41, 5.74) is 3.71. The third-order valence-corrected chi connectivity index (χ3v) is 1.96. The first-order valence-electron chi connectivity index (χ1n) is 5.65. The molecular formula is C10H18N4O4. The highest BCUT2D eigenvalue weighted by Crippen LogP contribution is 1.97. The summed E-state index contributed by atoms with van der Waals surface area (Å²) >= 11 is 0. The van der Waals surface area contributed by atoms with E-state index in [4.69, 9.17) is 5.84 Å². The van der Waals surface area contributed by atoms with Gasteiger partial charge in [0.2, 0.25) is 11.8 Å². The van der Waals surface area contributed by atoms with Gasteiger partial charge in [-0.05, 0) is 12.8 Å². The fourth-order valence-corrected chi connectivity index (χ4v) is 1.12. The van der Waals surface area contributed by atoms with Crippen LogP contribution in [0.3, 0.4) is 0 Å². The molecule has 4 amide bonds. The van der Waals surface area contributed by atoms with Crippen LogP contribution in [0.5, 0.6) is 0 Å². The monoisotopic (exact) mass is 258 g/mol. The minimum absolute atomic E-state index is 0.0377. The summed E-state index contributed by atoms with van der Waals surface area (Å²) in [6.07, 6.45) is 1.22. The molecule has 0 radical (unpaired) electrons. The average molecular weight is 258 g/mol. The first kappa shape index (κ1) is 16.0. The molecule has 8 heteroatoms. The van der Waals surface area contributed by atoms with Gasteiger partial charge in [-0.15, -0.1) is 0 Å². The Kier molecular flexibility index (Phi) is 7.29. The van der Waals surface area contributed by atoms with Crippen LogP contribution in [0.2, 0.25) is 0 Å². The van der Waals surface area contributed by atoms with Gasteiger partial charge in [0.25, 0.3) is 0 Å². The number of imide groups is 1. The lowest BCUT2D eigenvalue weighted by Gasteiger charge is -2.20. The van der Waals surface area contributed by atoms with Gasteiger partial charge in [-0.3, -0.25) is 30.0 Å². The number of hydrogen-bond acceptors (Lipinski definition) is 5.